The van der Waals surface area contributed by atoms with Crippen LogP contribution in [0, 0.1) is 18.6 Å². The van der Waals surface area contributed by atoms with Crippen LogP contribution in [0.4, 0.5) is 8.78 Å². The van der Waals surface area contributed by atoms with Crippen molar-refractivity contribution in [3.63, 3.8) is 0 Å². The van der Waals surface area contributed by atoms with Gasteiger partial charge in [-0.2, -0.15) is 0 Å². The molecule has 4 rings (SSSR count). The zero-order chi connectivity index (χ0) is 18.4. The van der Waals surface area contributed by atoms with Gasteiger partial charge in [0.05, 0.1) is 13.1 Å². The molecule has 1 saturated carbocycles. The van der Waals surface area contributed by atoms with Crippen LogP contribution < -0.4 is 10.3 Å². The molecule has 0 atom stereocenters. The number of likely N-dealkylation sites (tertiary alicyclic amines) is 1. The quantitative estimate of drug-likeness (QED) is 0.842. The lowest BCUT2D eigenvalue weighted by Gasteiger charge is -2.39. The monoisotopic (exact) mass is 360 g/mol. The molecule has 2 fully saturated rings. The van der Waals surface area contributed by atoms with Crippen molar-refractivity contribution in [2.75, 3.05) is 13.1 Å². The number of ether oxygens (including phenoxy) is 1. The van der Waals surface area contributed by atoms with E-state index in [4.69, 9.17) is 4.74 Å². The minimum atomic E-state index is -1.05. The van der Waals surface area contributed by atoms with Crippen LogP contribution in [0.25, 0.3) is 0 Å². The Morgan fingerprint density at radius 1 is 1.12 bits per heavy atom. The number of hydrogen-bond donors (Lipinski definition) is 0. The topological polar surface area (TPSA) is 51.5 Å². The van der Waals surface area contributed by atoms with Crippen molar-refractivity contribution in [2.45, 2.75) is 31.9 Å². The molecule has 2 heterocycles. The molecule has 2 aromatic rings. The number of pyridine rings is 1. The zero-order valence-electron chi connectivity index (χ0n) is 14.2. The molecule has 1 amide bonds. The van der Waals surface area contributed by atoms with Gasteiger partial charge in [0.15, 0.2) is 11.6 Å². The van der Waals surface area contributed by atoms with Gasteiger partial charge in [-0.05, 0) is 44.0 Å². The maximum Gasteiger partial charge on any atom is 0.254 e. The maximum absolute atomic E-state index is 13.3. The Balaban J connectivity index is 1.38. The number of halogens is 2. The predicted molar refractivity (Wildman–Crippen MR) is 90.4 cm³/mol. The van der Waals surface area contributed by atoms with Crippen molar-refractivity contribution in [2.24, 2.45) is 0 Å². The standard InChI is InChI=1S/C19H18F2N2O3/c1-11-6-14(8-18(24)23(11)13-3-4-13)26-15-9-22(10-15)19(25)12-2-5-16(20)17(21)7-12/h2,5-8,13,15H,3-4,9-10H2,1H3. The number of aromatic nitrogens is 1. The first kappa shape index (κ1) is 16.8. The molecular weight excluding hydrogens is 342 g/mol. The third kappa shape index (κ3) is 3.09. The van der Waals surface area contributed by atoms with Crippen LogP contribution in [0.5, 0.6) is 5.75 Å². The van der Waals surface area contributed by atoms with E-state index in [0.29, 0.717) is 24.9 Å². The van der Waals surface area contributed by atoms with Gasteiger partial charge in [-0.25, -0.2) is 8.78 Å². The molecule has 0 N–H and O–H groups in total. The van der Waals surface area contributed by atoms with E-state index in [-0.39, 0.29) is 23.1 Å². The molecule has 136 valence electrons. The summed E-state index contributed by atoms with van der Waals surface area (Å²) in [4.78, 5) is 25.9. The summed E-state index contributed by atoms with van der Waals surface area (Å²) in [6.45, 7) is 2.55. The van der Waals surface area contributed by atoms with Gasteiger partial charge in [-0.15, -0.1) is 0 Å². The predicted octanol–water partition coefficient (Wildman–Crippen LogP) is 2.67. The Morgan fingerprint density at radius 3 is 2.46 bits per heavy atom. The van der Waals surface area contributed by atoms with Gasteiger partial charge in [0.25, 0.3) is 11.5 Å². The average molecular weight is 360 g/mol. The molecule has 26 heavy (non-hydrogen) atoms. The van der Waals surface area contributed by atoms with Crippen molar-refractivity contribution < 1.29 is 18.3 Å². The number of aryl methyl sites for hydroxylation is 1. The van der Waals surface area contributed by atoms with E-state index in [0.717, 1.165) is 30.7 Å². The Hall–Kier alpha value is -2.70. The second-order valence-corrected chi connectivity index (χ2v) is 6.85. The van der Waals surface area contributed by atoms with E-state index in [1.807, 2.05) is 13.0 Å². The minimum absolute atomic E-state index is 0.0726. The highest BCUT2D eigenvalue weighted by atomic mass is 19.2. The van der Waals surface area contributed by atoms with Crippen LogP contribution in [0.2, 0.25) is 0 Å². The molecule has 1 aliphatic carbocycles. The number of benzene rings is 1. The Kier molecular flexibility index (Phi) is 4.01. The molecule has 0 spiro atoms. The van der Waals surface area contributed by atoms with E-state index >= 15 is 0 Å². The number of hydrogen-bond acceptors (Lipinski definition) is 3. The fourth-order valence-corrected chi connectivity index (χ4v) is 3.23. The van der Waals surface area contributed by atoms with Crippen molar-refractivity contribution >= 4 is 5.91 Å². The smallest absolute Gasteiger partial charge is 0.254 e. The van der Waals surface area contributed by atoms with E-state index in [1.54, 1.807) is 4.57 Å². The molecule has 0 radical (unpaired) electrons. The van der Waals surface area contributed by atoms with E-state index in [1.165, 1.54) is 17.0 Å². The van der Waals surface area contributed by atoms with Crippen LogP contribution in [0.3, 0.4) is 0 Å². The number of amides is 1. The Morgan fingerprint density at radius 2 is 1.85 bits per heavy atom. The summed E-state index contributed by atoms with van der Waals surface area (Å²) in [5.74, 6) is -1.91. The van der Waals surface area contributed by atoms with Gasteiger partial charge in [-0.3, -0.25) is 9.59 Å². The lowest BCUT2D eigenvalue weighted by molar-refractivity contribution is 0.0176. The summed E-state index contributed by atoms with van der Waals surface area (Å²) < 4.78 is 33.8. The van der Waals surface area contributed by atoms with E-state index < -0.39 is 11.6 Å². The van der Waals surface area contributed by atoms with E-state index in [2.05, 4.69) is 0 Å². The summed E-state index contributed by atoms with van der Waals surface area (Å²) in [6, 6.07) is 6.71. The first-order valence-corrected chi connectivity index (χ1v) is 8.56. The van der Waals surface area contributed by atoms with Crippen molar-refractivity contribution in [3.05, 3.63) is 63.6 Å². The molecule has 0 unspecified atom stereocenters. The Labute approximate surface area is 148 Å². The summed E-state index contributed by atoms with van der Waals surface area (Å²) >= 11 is 0. The molecule has 2 aliphatic rings. The van der Waals surface area contributed by atoms with Crippen LogP contribution in [-0.2, 0) is 0 Å². The molecule has 7 heteroatoms. The normalized spacial score (nSPS) is 17.1. The first-order valence-electron chi connectivity index (χ1n) is 8.56. The number of nitrogens with zero attached hydrogens (tertiary/aromatic N) is 2. The van der Waals surface area contributed by atoms with Crippen LogP contribution in [0.15, 0.2) is 35.1 Å². The van der Waals surface area contributed by atoms with Crippen LogP contribution in [0.1, 0.15) is 34.9 Å². The van der Waals surface area contributed by atoms with Crippen LogP contribution >= 0.6 is 0 Å². The second kappa shape index (κ2) is 6.23. The third-order valence-corrected chi connectivity index (χ3v) is 4.75. The van der Waals surface area contributed by atoms with Crippen molar-refractivity contribution in [1.82, 2.24) is 9.47 Å². The highest BCUT2D eigenvalue weighted by molar-refractivity contribution is 5.94. The first-order chi connectivity index (χ1) is 12.4. The van der Waals surface area contributed by atoms with Gasteiger partial charge < -0.3 is 14.2 Å². The third-order valence-electron chi connectivity index (χ3n) is 4.75. The maximum atomic E-state index is 13.3. The minimum Gasteiger partial charge on any atom is -0.486 e. The molecule has 5 nitrogen and oxygen atoms in total. The summed E-state index contributed by atoms with van der Waals surface area (Å²) in [5.41, 5.74) is 0.894. The molecular formula is C19H18F2N2O3. The highest BCUT2D eigenvalue weighted by Gasteiger charge is 2.33. The van der Waals surface area contributed by atoms with E-state index in [9.17, 15) is 18.4 Å². The summed E-state index contributed by atoms with van der Waals surface area (Å²) in [7, 11) is 0. The van der Waals surface area contributed by atoms with Gasteiger partial charge in [0.1, 0.15) is 11.9 Å². The van der Waals surface area contributed by atoms with Crippen molar-refractivity contribution in [3.8, 4) is 5.75 Å². The van der Waals surface area contributed by atoms with Crippen molar-refractivity contribution in [1.29, 1.82) is 0 Å². The molecule has 1 saturated heterocycles. The largest absolute Gasteiger partial charge is 0.486 e. The fraction of sp³-hybridized carbons (Fsp3) is 0.368. The zero-order valence-corrected chi connectivity index (χ0v) is 14.2. The Bertz CT molecular complexity index is 931. The lowest BCUT2D eigenvalue weighted by Crippen LogP contribution is -2.56. The van der Waals surface area contributed by atoms with Gasteiger partial charge >= 0.3 is 0 Å². The van der Waals surface area contributed by atoms with Gasteiger partial charge in [0, 0.05) is 23.4 Å². The van der Waals surface area contributed by atoms with Gasteiger partial charge in [0.2, 0.25) is 0 Å². The number of carbonyl (C=O) groups is 1. The molecule has 0 bridgehead atoms. The average Bonchev–Trinajstić information content (AvgIpc) is 3.36. The molecule has 1 aromatic carbocycles. The van der Waals surface area contributed by atoms with Gasteiger partial charge in [-0.1, -0.05) is 0 Å². The fourth-order valence-electron chi connectivity index (χ4n) is 3.23. The summed E-state index contributed by atoms with van der Waals surface area (Å²) in [6.07, 6.45) is 1.84. The van der Waals surface area contributed by atoms with Crippen LogP contribution in [-0.4, -0.2) is 34.6 Å². The lowest BCUT2D eigenvalue weighted by atomic mass is 10.1. The number of carbonyl (C=O) groups excluding carboxylic acids is 1. The second-order valence-electron chi connectivity index (χ2n) is 6.85. The summed E-state index contributed by atoms with van der Waals surface area (Å²) in [5, 5.41) is 0. The SMILES string of the molecule is Cc1cc(OC2CN(C(=O)c3ccc(F)c(F)c3)C2)cc(=O)n1C1CC1. The molecule has 1 aromatic heterocycles. The molecule has 1 aliphatic heterocycles. The highest BCUT2D eigenvalue weighted by Crippen LogP contribution is 2.35. The number of rotatable bonds is 4.